The van der Waals surface area contributed by atoms with Crippen LogP contribution in [0.15, 0.2) is 48.5 Å². The van der Waals surface area contributed by atoms with Crippen LogP contribution in [0.4, 0.5) is 0 Å². The van der Waals surface area contributed by atoms with E-state index in [1.165, 1.54) is 0 Å². The smallest absolute Gasteiger partial charge is 0.261 e. The molecule has 0 fully saturated rings. The van der Waals surface area contributed by atoms with E-state index in [4.69, 9.17) is 4.74 Å². The number of aromatic nitrogens is 2. The van der Waals surface area contributed by atoms with Gasteiger partial charge in [-0.2, -0.15) is 0 Å². The zero-order valence-corrected chi connectivity index (χ0v) is 14.7. The van der Waals surface area contributed by atoms with Crippen LogP contribution in [0, 0.1) is 3.57 Å². The van der Waals surface area contributed by atoms with Crippen molar-refractivity contribution in [2.45, 2.75) is 19.6 Å². The van der Waals surface area contributed by atoms with Crippen molar-refractivity contribution in [3.63, 3.8) is 0 Å². The lowest BCUT2D eigenvalue weighted by Gasteiger charge is -2.14. The van der Waals surface area contributed by atoms with Gasteiger partial charge in [0, 0.05) is 3.57 Å². The van der Waals surface area contributed by atoms with Crippen LogP contribution in [0.25, 0.3) is 11.0 Å². The number of hydrogen-bond acceptors (Lipinski definition) is 3. The van der Waals surface area contributed by atoms with Crippen molar-refractivity contribution in [1.29, 1.82) is 0 Å². The van der Waals surface area contributed by atoms with Gasteiger partial charge < -0.3 is 15.0 Å². The fourth-order valence-corrected chi connectivity index (χ4v) is 2.53. The van der Waals surface area contributed by atoms with Crippen LogP contribution in [0.2, 0.25) is 0 Å². The van der Waals surface area contributed by atoms with Gasteiger partial charge in [-0.05, 0) is 65.9 Å². The van der Waals surface area contributed by atoms with Crippen molar-refractivity contribution < 1.29 is 9.53 Å². The second-order valence-electron chi connectivity index (χ2n) is 5.13. The minimum atomic E-state index is -0.570. The molecule has 0 saturated carbocycles. The molecule has 1 aromatic heterocycles. The number of benzene rings is 2. The molecular formula is C17H16IN3O2. The lowest BCUT2D eigenvalue weighted by atomic mass is 10.3. The van der Waals surface area contributed by atoms with Crippen LogP contribution >= 0.6 is 22.6 Å². The molecule has 0 aliphatic carbocycles. The lowest BCUT2D eigenvalue weighted by Crippen LogP contribution is -2.36. The van der Waals surface area contributed by atoms with Gasteiger partial charge in [0.2, 0.25) is 0 Å². The number of aromatic amines is 1. The van der Waals surface area contributed by atoms with Gasteiger partial charge in [-0.3, -0.25) is 4.79 Å². The molecule has 118 valence electrons. The first kappa shape index (κ1) is 15.8. The molecule has 3 aromatic rings. The monoisotopic (exact) mass is 421 g/mol. The predicted octanol–water partition coefficient (Wildman–Crippen LogP) is 3.25. The number of fused-ring (bicyclic) bond motifs is 1. The Morgan fingerprint density at radius 3 is 2.74 bits per heavy atom. The molecule has 0 bridgehead atoms. The number of rotatable bonds is 5. The maximum atomic E-state index is 12.1. The molecular weight excluding hydrogens is 405 g/mol. The Morgan fingerprint density at radius 2 is 2.00 bits per heavy atom. The predicted molar refractivity (Wildman–Crippen MR) is 97.2 cm³/mol. The fourth-order valence-electron chi connectivity index (χ4n) is 2.17. The van der Waals surface area contributed by atoms with Gasteiger partial charge in [-0.15, -0.1) is 0 Å². The second-order valence-corrected chi connectivity index (χ2v) is 6.38. The third-order valence-corrected chi connectivity index (χ3v) is 4.08. The standard InChI is InChI=1S/C17H16IN3O2/c1-11(23-13-8-6-12(18)7-9-13)17(22)19-10-16-20-14-4-2-3-5-15(14)21-16/h2-9,11H,10H2,1H3,(H,19,22)(H,20,21). The number of nitrogens with zero attached hydrogens (tertiary/aromatic N) is 1. The van der Waals surface area contributed by atoms with E-state index in [9.17, 15) is 4.79 Å². The van der Waals surface area contributed by atoms with Crippen LogP contribution in [0.3, 0.4) is 0 Å². The third-order valence-electron chi connectivity index (χ3n) is 3.36. The summed E-state index contributed by atoms with van der Waals surface area (Å²) in [5.74, 6) is 1.22. The minimum absolute atomic E-state index is 0.177. The largest absolute Gasteiger partial charge is 0.481 e. The molecule has 1 heterocycles. The van der Waals surface area contributed by atoms with Crippen LogP contribution in [-0.2, 0) is 11.3 Å². The first-order valence-corrected chi connectivity index (χ1v) is 8.33. The molecule has 1 atom stereocenters. The van der Waals surface area contributed by atoms with Gasteiger partial charge in [-0.25, -0.2) is 4.98 Å². The molecule has 3 rings (SSSR count). The molecule has 23 heavy (non-hydrogen) atoms. The molecule has 5 nitrogen and oxygen atoms in total. The van der Waals surface area contributed by atoms with Crippen LogP contribution in [-0.4, -0.2) is 22.0 Å². The van der Waals surface area contributed by atoms with Gasteiger partial charge in [0.15, 0.2) is 6.10 Å². The van der Waals surface area contributed by atoms with E-state index in [0.29, 0.717) is 12.3 Å². The number of hydrogen-bond donors (Lipinski definition) is 2. The zero-order valence-electron chi connectivity index (χ0n) is 12.5. The number of H-pyrrole nitrogens is 1. The van der Waals surface area contributed by atoms with E-state index < -0.39 is 6.10 Å². The van der Waals surface area contributed by atoms with E-state index in [-0.39, 0.29) is 5.91 Å². The first-order valence-electron chi connectivity index (χ1n) is 7.25. The maximum Gasteiger partial charge on any atom is 0.261 e. The maximum absolute atomic E-state index is 12.1. The molecule has 2 aromatic carbocycles. The summed E-state index contributed by atoms with van der Waals surface area (Å²) in [4.78, 5) is 19.7. The Bertz CT molecular complexity index is 781. The third kappa shape index (κ3) is 4.01. The van der Waals surface area contributed by atoms with Crippen molar-refractivity contribution in [3.8, 4) is 5.75 Å². The number of imidazole rings is 1. The van der Waals surface area contributed by atoms with E-state index in [1.807, 2.05) is 48.5 Å². The van der Waals surface area contributed by atoms with E-state index in [2.05, 4.69) is 37.9 Å². The van der Waals surface area contributed by atoms with E-state index in [1.54, 1.807) is 6.92 Å². The summed E-state index contributed by atoms with van der Waals surface area (Å²) < 4.78 is 6.75. The van der Waals surface area contributed by atoms with Crippen molar-refractivity contribution in [2.24, 2.45) is 0 Å². The number of carbonyl (C=O) groups excluding carboxylic acids is 1. The Hall–Kier alpha value is -2.09. The van der Waals surface area contributed by atoms with Crippen LogP contribution < -0.4 is 10.1 Å². The second kappa shape index (κ2) is 6.99. The highest BCUT2D eigenvalue weighted by Crippen LogP contribution is 2.15. The molecule has 0 saturated heterocycles. The number of carbonyl (C=O) groups is 1. The number of nitrogens with one attached hydrogen (secondary N) is 2. The van der Waals surface area contributed by atoms with E-state index in [0.717, 1.165) is 20.4 Å². The fraction of sp³-hybridized carbons (Fsp3) is 0.176. The average Bonchev–Trinajstić information content (AvgIpc) is 2.97. The highest BCUT2D eigenvalue weighted by Gasteiger charge is 2.15. The molecule has 0 spiro atoms. The summed E-state index contributed by atoms with van der Waals surface area (Å²) in [6.07, 6.45) is -0.570. The highest BCUT2D eigenvalue weighted by atomic mass is 127. The normalized spacial score (nSPS) is 12.1. The zero-order chi connectivity index (χ0) is 16.2. The number of amides is 1. The summed E-state index contributed by atoms with van der Waals surface area (Å²) >= 11 is 2.22. The van der Waals surface area contributed by atoms with Crippen LogP contribution in [0.1, 0.15) is 12.7 Å². The van der Waals surface area contributed by atoms with Gasteiger partial charge in [0.1, 0.15) is 11.6 Å². The van der Waals surface area contributed by atoms with Crippen LogP contribution in [0.5, 0.6) is 5.75 Å². The van der Waals surface area contributed by atoms with Gasteiger partial charge in [0.25, 0.3) is 5.91 Å². The summed E-state index contributed by atoms with van der Waals surface area (Å²) in [5.41, 5.74) is 1.85. The Labute approximate surface area is 147 Å². The summed E-state index contributed by atoms with van der Waals surface area (Å²) in [5, 5.41) is 2.83. The highest BCUT2D eigenvalue weighted by molar-refractivity contribution is 14.1. The van der Waals surface area contributed by atoms with Crippen molar-refractivity contribution >= 4 is 39.5 Å². The summed E-state index contributed by atoms with van der Waals surface area (Å²) in [6.45, 7) is 2.07. The first-order chi connectivity index (χ1) is 11.1. The van der Waals surface area contributed by atoms with Crippen molar-refractivity contribution in [1.82, 2.24) is 15.3 Å². The summed E-state index contributed by atoms with van der Waals surface area (Å²) in [7, 11) is 0. The van der Waals surface area contributed by atoms with Gasteiger partial charge in [-0.1, -0.05) is 12.1 Å². The quantitative estimate of drug-likeness (QED) is 0.622. The Balaban J connectivity index is 1.56. The number of halogens is 1. The minimum Gasteiger partial charge on any atom is -0.481 e. The lowest BCUT2D eigenvalue weighted by molar-refractivity contribution is -0.127. The van der Waals surface area contributed by atoms with E-state index >= 15 is 0 Å². The van der Waals surface area contributed by atoms with Crippen molar-refractivity contribution in [2.75, 3.05) is 0 Å². The SMILES string of the molecule is CC(Oc1ccc(I)cc1)C(=O)NCc1nc2ccccc2[nH]1. The molecule has 2 N–H and O–H groups in total. The number of ether oxygens (including phenoxy) is 1. The topological polar surface area (TPSA) is 67.0 Å². The van der Waals surface area contributed by atoms with Crippen molar-refractivity contribution in [3.05, 3.63) is 57.9 Å². The molecule has 1 amide bonds. The average molecular weight is 421 g/mol. The Kier molecular flexibility index (Phi) is 4.80. The molecule has 0 aliphatic rings. The molecule has 0 radical (unpaired) electrons. The molecule has 6 heteroatoms. The van der Waals surface area contributed by atoms with Gasteiger partial charge >= 0.3 is 0 Å². The number of para-hydroxylation sites is 2. The molecule has 0 aliphatic heterocycles. The van der Waals surface area contributed by atoms with Gasteiger partial charge in [0.05, 0.1) is 17.6 Å². The summed E-state index contributed by atoms with van der Waals surface area (Å²) in [6, 6.07) is 15.3. The Morgan fingerprint density at radius 1 is 1.26 bits per heavy atom. The molecule has 1 unspecified atom stereocenters.